The molecular weight excluding hydrogens is 286 g/mol. The van der Waals surface area contributed by atoms with E-state index in [4.69, 9.17) is 10.5 Å². The highest BCUT2D eigenvalue weighted by atomic mass is 79.9. The minimum atomic E-state index is 0.00338. The van der Waals surface area contributed by atoms with Gasteiger partial charge in [-0.05, 0) is 37.5 Å². The lowest BCUT2D eigenvalue weighted by Crippen LogP contribution is -2.09. The maximum atomic E-state index is 5.90. The quantitative estimate of drug-likeness (QED) is 0.816. The number of nitrogens with two attached hydrogens (primary N) is 1. The Morgan fingerprint density at radius 1 is 1.50 bits per heavy atom. The number of hydrogen-bond acceptors (Lipinski definition) is 3. The van der Waals surface area contributed by atoms with E-state index in [0.717, 1.165) is 34.6 Å². The molecule has 0 bridgehead atoms. The zero-order chi connectivity index (χ0) is 12.0. The highest BCUT2D eigenvalue weighted by Gasteiger charge is 2.08. The average Bonchev–Trinajstić information content (AvgIpc) is 2.24. The third kappa shape index (κ3) is 4.36. The molecule has 0 spiro atoms. The van der Waals surface area contributed by atoms with Crippen LogP contribution in [0, 0.1) is 0 Å². The standard InChI is InChI=1S/C12H18BrNOS/c1-9(14)11-5-4-10(13)8-12(11)15-6-3-7-16-2/h4-5,8-9H,3,6-7,14H2,1-2H3/t9-/m0/s1. The molecule has 0 aliphatic heterocycles. The molecule has 1 aromatic carbocycles. The molecule has 16 heavy (non-hydrogen) atoms. The van der Waals surface area contributed by atoms with Crippen LogP contribution in [0.2, 0.25) is 0 Å². The van der Waals surface area contributed by atoms with Crippen LogP contribution >= 0.6 is 27.7 Å². The second kappa shape index (κ2) is 7.20. The summed E-state index contributed by atoms with van der Waals surface area (Å²) in [5.74, 6) is 2.02. The third-order valence-electron chi connectivity index (χ3n) is 2.22. The van der Waals surface area contributed by atoms with Crippen molar-refractivity contribution < 1.29 is 4.74 Å². The Balaban J connectivity index is 2.65. The summed E-state index contributed by atoms with van der Waals surface area (Å²) < 4.78 is 6.78. The van der Waals surface area contributed by atoms with Crippen LogP contribution in [0.4, 0.5) is 0 Å². The lowest BCUT2D eigenvalue weighted by atomic mass is 10.1. The van der Waals surface area contributed by atoms with Gasteiger partial charge in [0.25, 0.3) is 0 Å². The lowest BCUT2D eigenvalue weighted by molar-refractivity contribution is 0.314. The average molecular weight is 304 g/mol. The second-order valence-electron chi connectivity index (χ2n) is 3.67. The van der Waals surface area contributed by atoms with E-state index in [1.807, 2.05) is 36.9 Å². The van der Waals surface area contributed by atoms with E-state index in [1.54, 1.807) is 0 Å². The molecule has 0 radical (unpaired) electrons. The normalized spacial score (nSPS) is 12.5. The first-order chi connectivity index (χ1) is 7.65. The molecule has 2 nitrogen and oxygen atoms in total. The van der Waals surface area contributed by atoms with Crippen molar-refractivity contribution in [3.63, 3.8) is 0 Å². The molecule has 4 heteroatoms. The Bertz CT molecular complexity index is 331. The number of rotatable bonds is 6. The summed E-state index contributed by atoms with van der Waals surface area (Å²) in [4.78, 5) is 0. The summed E-state index contributed by atoms with van der Waals surface area (Å²) in [5, 5.41) is 0. The first-order valence-electron chi connectivity index (χ1n) is 5.32. The van der Waals surface area contributed by atoms with Gasteiger partial charge in [0.1, 0.15) is 5.75 Å². The third-order valence-corrected chi connectivity index (χ3v) is 3.41. The van der Waals surface area contributed by atoms with E-state index in [0.29, 0.717) is 0 Å². The molecule has 1 atom stereocenters. The Labute approximate surface area is 110 Å². The van der Waals surface area contributed by atoms with Crippen LogP contribution in [0.5, 0.6) is 5.75 Å². The first-order valence-corrected chi connectivity index (χ1v) is 7.50. The van der Waals surface area contributed by atoms with Crippen LogP contribution in [0.1, 0.15) is 24.9 Å². The maximum Gasteiger partial charge on any atom is 0.125 e. The molecule has 0 aromatic heterocycles. The molecule has 1 rings (SSSR count). The minimum Gasteiger partial charge on any atom is -0.493 e. The lowest BCUT2D eigenvalue weighted by Gasteiger charge is -2.14. The van der Waals surface area contributed by atoms with E-state index in [2.05, 4.69) is 22.2 Å². The summed E-state index contributed by atoms with van der Waals surface area (Å²) in [6.45, 7) is 2.72. The first kappa shape index (κ1) is 13.9. The Hall–Kier alpha value is -0.190. The van der Waals surface area contributed by atoms with Gasteiger partial charge >= 0.3 is 0 Å². The van der Waals surface area contributed by atoms with Gasteiger partial charge < -0.3 is 10.5 Å². The highest BCUT2D eigenvalue weighted by molar-refractivity contribution is 9.10. The highest BCUT2D eigenvalue weighted by Crippen LogP contribution is 2.27. The predicted octanol–water partition coefficient (Wildman–Crippen LogP) is 3.60. The maximum absolute atomic E-state index is 5.90. The van der Waals surface area contributed by atoms with E-state index < -0.39 is 0 Å². The summed E-state index contributed by atoms with van der Waals surface area (Å²) >= 11 is 5.28. The van der Waals surface area contributed by atoms with Crippen LogP contribution in [0.25, 0.3) is 0 Å². The number of ether oxygens (including phenoxy) is 1. The molecule has 1 aromatic rings. The number of halogens is 1. The Morgan fingerprint density at radius 3 is 2.88 bits per heavy atom. The van der Waals surface area contributed by atoms with Crippen molar-refractivity contribution in [2.24, 2.45) is 5.73 Å². The summed E-state index contributed by atoms with van der Waals surface area (Å²) in [5.41, 5.74) is 6.96. The fourth-order valence-electron chi connectivity index (χ4n) is 1.39. The van der Waals surface area contributed by atoms with E-state index in [1.165, 1.54) is 0 Å². The number of benzene rings is 1. The second-order valence-corrected chi connectivity index (χ2v) is 5.57. The molecule has 0 amide bonds. The van der Waals surface area contributed by atoms with Gasteiger partial charge in [-0.25, -0.2) is 0 Å². The molecule has 0 unspecified atom stereocenters. The molecule has 0 saturated carbocycles. The zero-order valence-electron chi connectivity index (χ0n) is 9.70. The van der Waals surface area contributed by atoms with E-state index >= 15 is 0 Å². The molecule has 90 valence electrons. The van der Waals surface area contributed by atoms with Crippen LogP contribution in [0.15, 0.2) is 22.7 Å². The summed E-state index contributed by atoms with van der Waals surface area (Å²) in [6, 6.07) is 5.99. The summed E-state index contributed by atoms with van der Waals surface area (Å²) in [7, 11) is 0. The van der Waals surface area contributed by atoms with Gasteiger partial charge in [-0.3, -0.25) is 0 Å². The van der Waals surface area contributed by atoms with Gasteiger partial charge in [-0.1, -0.05) is 22.0 Å². The van der Waals surface area contributed by atoms with Crippen molar-refractivity contribution >= 4 is 27.7 Å². The molecule has 0 aliphatic rings. The molecule has 0 saturated heterocycles. The smallest absolute Gasteiger partial charge is 0.125 e. The predicted molar refractivity (Wildman–Crippen MR) is 75.2 cm³/mol. The van der Waals surface area contributed by atoms with Crippen molar-refractivity contribution in [2.45, 2.75) is 19.4 Å². The van der Waals surface area contributed by atoms with Gasteiger partial charge in [0.2, 0.25) is 0 Å². The van der Waals surface area contributed by atoms with Crippen LogP contribution in [0.3, 0.4) is 0 Å². The fourth-order valence-corrected chi connectivity index (χ4v) is 2.14. The fraction of sp³-hybridized carbons (Fsp3) is 0.500. The van der Waals surface area contributed by atoms with Gasteiger partial charge in [-0.2, -0.15) is 11.8 Å². The van der Waals surface area contributed by atoms with Gasteiger partial charge in [-0.15, -0.1) is 0 Å². The van der Waals surface area contributed by atoms with Crippen molar-refractivity contribution in [3.05, 3.63) is 28.2 Å². The van der Waals surface area contributed by atoms with E-state index in [9.17, 15) is 0 Å². The monoisotopic (exact) mass is 303 g/mol. The molecule has 0 aliphatic carbocycles. The molecular formula is C12H18BrNOS. The van der Waals surface area contributed by atoms with Crippen molar-refractivity contribution in [1.82, 2.24) is 0 Å². The van der Waals surface area contributed by atoms with Gasteiger partial charge in [0, 0.05) is 16.1 Å². The number of thioether (sulfide) groups is 1. The van der Waals surface area contributed by atoms with Crippen molar-refractivity contribution in [1.29, 1.82) is 0 Å². The molecule has 2 N–H and O–H groups in total. The van der Waals surface area contributed by atoms with Crippen LogP contribution < -0.4 is 10.5 Å². The minimum absolute atomic E-state index is 0.00338. The SMILES string of the molecule is CSCCCOc1cc(Br)ccc1[C@H](C)N. The topological polar surface area (TPSA) is 35.2 Å². The van der Waals surface area contributed by atoms with Crippen LogP contribution in [-0.4, -0.2) is 18.6 Å². The Kier molecular flexibility index (Phi) is 6.24. The van der Waals surface area contributed by atoms with E-state index in [-0.39, 0.29) is 6.04 Å². The van der Waals surface area contributed by atoms with Gasteiger partial charge in [0.15, 0.2) is 0 Å². The van der Waals surface area contributed by atoms with Crippen molar-refractivity contribution in [3.8, 4) is 5.75 Å². The summed E-state index contributed by atoms with van der Waals surface area (Å²) in [6.07, 6.45) is 3.17. The Morgan fingerprint density at radius 2 is 2.25 bits per heavy atom. The zero-order valence-corrected chi connectivity index (χ0v) is 12.1. The van der Waals surface area contributed by atoms with Crippen LogP contribution in [-0.2, 0) is 0 Å². The largest absolute Gasteiger partial charge is 0.493 e. The van der Waals surface area contributed by atoms with Crippen molar-refractivity contribution in [2.75, 3.05) is 18.6 Å². The number of hydrogen-bond donors (Lipinski definition) is 1. The molecule has 0 heterocycles. The molecule has 0 fully saturated rings. The van der Waals surface area contributed by atoms with Gasteiger partial charge in [0.05, 0.1) is 6.61 Å².